The van der Waals surface area contributed by atoms with Crippen molar-refractivity contribution in [3.8, 4) is 0 Å². The van der Waals surface area contributed by atoms with Crippen LogP contribution in [-0.4, -0.2) is 87.2 Å². The van der Waals surface area contributed by atoms with Gasteiger partial charge in [-0.2, -0.15) is 0 Å². The van der Waals surface area contributed by atoms with Crippen molar-refractivity contribution in [3.63, 3.8) is 0 Å². The molecule has 238 valence electrons. The Hall–Kier alpha value is -1.36. The van der Waals surface area contributed by atoms with E-state index in [1.54, 1.807) is 21.3 Å². The van der Waals surface area contributed by atoms with Gasteiger partial charge in [0.2, 0.25) is 0 Å². The molecule has 3 aliphatic carbocycles. The second kappa shape index (κ2) is 13.7. The zero-order valence-electron chi connectivity index (χ0n) is 26.2. The van der Waals surface area contributed by atoms with Crippen molar-refractivity contribution in [2.45, 2.75) is 121 Å². The van der Waals surface area contributed by atoms with Crippen molar-refractivity contribution in [2.24, 2.45) is 41.4 Å². The minimum Gasteiger partial charge on any atom is -0.462 e. The summed E-state index contributed by atoms with van der Waals surface area (Å²) in [5.74, 6) is 0.229. The van der Waals surface area contributed by atoms with Crippen LogP contribution in [-0.2, 0) is 38.0 Å². The molecule has 42 heavy (non-hydrogen) atoms. The van der Waals surface area contributed by atoms with E-state index >= 15 is 0 Å². The van der Waals surface area contributed by atoms with Gasteiger partial charge in [-0.25, -0.2) is 0 Å². The molecule has 0 unspecified atom stereocenters. The first-order valence-electron chi connectivity index (χ1n) is 16.2. The van der Waals surface area contributed by atoms with Crippen LogP contribution in [0.5, 0.6) is 0 Å². The van der Waals surface area contributed by atoms with Crippen LogP contribution < -0.4 is 0 Å². The smallest absolute Gasteiger partial charge is 0.306 e. The summed E-state index contributed by atoms with van der Waals surface area (Å²) < 4.78 is 36.0. The lowest BCUT2D eigenvalue weighted by atomic mass is 9.71. The molecule has 0 spiro atoms. The second-order valence-electron chi connectivity index (χ2n) is 13.4. The van der Waals surface area contributed by atoms with Gasteiger partial charge in [-0.1, -0.05) is 26.0 Å². The van der Waals surface area contributed by atoms with E-state index < -0.39 is 24.4 Å². The number of esters is 1. The van der Waals surface area contributed by atoms with Gasteiger partial charge in [0.05, 0.1) is 18.3 Å². The molecule has 2 aliphatic heterocycles. The number of ether oxygens (including phenoxy) is 6. The highest BCUT2D eigenvalue weighted by Gasteiger charge is 2.55. The molecule has 4 fully saturated rings. The molecule has 0 amide bonds. The fraction of sp³-hybridized carbons (Fsp3) is 0.879. The van der Waals surface area contributed by atoms with Crippen LogP contribution in [0.2, 0.25) is 0 Å². The number of aliphatic hydroxyl groups excluding tert-OH is 1. The highest BCUT2D eigenvalue weighted by Crippen LogP contribution is 2.57. The number of allylic oxidation sites excluding steroid dienone is 2. The molecule has 2 saturated carbocycles. The van der Waals surface area contributed by atoms with Crippen molar-refractivity contribution >= 4 is 11.8 Å². The molecule has 0 aromatic heterocycles. The molecule has 1 N–H and O–H groups in total. The highest BCUT2D eigenvalue weighted by atomic mass is 16.7. The van der Waals surface area contributed by atoms with E-state index in [9.17, 15) is 14.7 Å². The van der Waals surface area contributed by atoms with Gasteiger partial charge < -0.3 is 33.5 Å². The Morgan fingerprint density at radius 1 is 0.905 bits per heavy atom. The van der Waals surface area contributed by atoms with Gasteiger partial charge >= 0.3 is 5.97 Å². The van der Waals surface area contributed by atoms with E-state index in [1.807, 2.05) is 20.8 Å². The standard InChI is InChI=1S/C33H52O9/c1-7-20-9-8-10-27(34)17(2)29(36)26-15-24-22(25(26)16-28(35)41-20)12-11-19-13-21(14-23(19)24)42-33-32(39-6)31(38-5)30(37-4)18(3)40-33/h11-12,17-27,30-34H,7-10,13-16H2,1-6H3/t17-,18+,19-,20+,21-,22-,23-,24-,25+,26+,27-,30-,31-,32-,33-/m1/s1. The average Bonchev–Trinajstić information content (AvgIpc) is 3.55. The molecular weight excluding hydrogens is 540 g/mol. The molecule has 2 heterocycles. The molecule has 5 aliphatic rings. The minimum absolute atomic E-state index is 0.0202. The lowest BCUT2D eigenvalue weighted by Crippen LogP contribution is -2.59. The first-order chi connectivity index (χ1) is 20.2. The second-order valence-corrected chi connectivity index (χ2v) is 13.4. The Bertz CT molecular complexity index is 969. The lowest BCUT2D eigenvalue weighted by molar-refractivity contribution is -0.314. The van der Waals surface area contributed by atoms with Crippen LogP contribution in [0.1, 0.15) is 72.1 Å². The summed E-state index contributed by atoms with van der Waals surface area (Å²) >= 11 is 0. The van der Waals surface area contributed by atoms with Crippen molar-refractivity contribution in [1.82, 2.24) is 0 Å². The van der Waals surface area contributed by atoms with Crippen molar-refractivity contribution in [1.29, 1.82) is 0 Å². The normalized spacial score (nSPS) is 48.0. The van der Waals surface area contributed by atoms with Crippen LogP contribution in [0.15, 0.2) is 12.2 Å². The highest BCUT2D eigenvalue weighted by molar-refractivity contribution is 5.85. The Kier molecular flexibility index (Phi) is 10.5. The average molecular weight is 593 g/mol. The number of hydrogen-bond acceptors (Lipinski definition) is 9. The van der Waals surface area contributed by atoms with Gasteiger partial charge in [-0.3, -0.25) is 9.59 Å². The van der Waals surface area contributed by atoms with Crippen LogP contribution in [0.3, 0.4) is 0 Å². The third kappa shape index (κ3) is 6.24. The molecule has 0 aromatic rings. The third-order valence-electron chi connectivity index (χ3n) is 11.2. The number of fused-ring (bicyclic) bond motifs is 5. The zero-order valence-corrected chi connectivity index (χ0v) is 26.2. The molecule has 9 heteroatoms. The number of cyclic esters (lactones) is 1. The summed E-state index contributed by atoms with van der Waals surface area (Å²) in [4.78, 5) is 27.0. The predicted octanol–water partition coefficient (Wildman–Crippen LogP) is 4.09. The van der Waals surface area contributed by atoms with Gasteiger partial charge in [0, 0.05) is 39.6 Å². The molecule has 0 bridgehead atoms. The fourth-order valence-corrected chi connectivity index (χ4v) is 8.93. The minimum atomic E-state index is -0.666. The zero-order chi connectivity index (χ0) is 30.1. The largest absolute Gasteiger partial charge is 0.462 e. The molecule has 0 radical (unpaired) electrons. The summed E-state index contributed by atoms with van der Waals surface area (Å²) in [5, 5.41) is 10.9. The molecule has 9 nitrogen and oxygen atoms in total. The van der Waals surface area contributed by atoms with E-state index in [4.69, 9.17) is 28.4 Å². The summed E-state index contributed by atoms with van der Waals surface area (Å²) in [6.07, 6.45) is 7.45. The number of methoxy groups -OCH3 is 3. The maximum absolute atomic E-state index is 13.8. The Labute approximate surface area is 250 Å². The van der Waals surface area contributed by atoms with Crippen LogP contribution in [0, 0.1) is 41.4 Å². The SMILES string of the molecule is CC[C@H]1CCC[C@@H](O)[C@@H](C)C(=O)[C@H]2C[C@@H]3[C@@H](C=C[C@@H]4C[C@@H](O[C@H]5O[C@@H](C)[C@@H](OC)[C@@H](OC)[C@H]5OC)C[C@@H]34)[C@@H]2CC(=O)O1. The van der Waals surface area contributed by atoms with E-state index in [1.165, 1.54) is 0 Å². The van der Waals surface area contributed by atoms with Crippen molar-refractivity contribution in [2.75, 3.05) is 21.3 Å². The van der Waals surface area contributed by atoms with E-state index in [0.29, 0.717) is 18.3 Å². The van der Waals surface area contributed by atoms with Crippen LogP contribution in [0.25, 0.3) is 0 Å². The Balaban J connectivity index is 1.32. The molecular formula is C33H52O9. The van der Waals surface area contributed by atoms with E-state index in [-0.39, 0.29) is 72.4 Å². The number of ketones is 1. The lowest BCUT2D eigenvalue weighted by Gasteiger charge is -2.44. The summed E-state index contributed by atoms with van der Waals surface area (Å²) in [5.41, 5.74) is 0. The number of hydrogen-bond donors (Lipinski definition) is 1. The van der Waals surface area contributed by atoms with Crippen LogP contribution in [0.4, 0.5) is 0 Å². The quantitative estimate of drug-likeness (QED) is 0.360. The number of rotatable bonds is 6. The van der Waals surface area contributed by atoms with Gasteiger partial charge in [0.15, 0.2) is 6.29 Å². The van der Waals surface area contributed by atoms with Gasteiger partial charge in [-0.05, 0) is 81.5 Å². The Morgan fingerprint density at radius 2 is 1.64 bits per heavy atom. The van der Waals surface area contributed by atoms with E-state index in [2.05, 4.69) is 12.2 Å². The molecule has 0 aromatic carbocycles. The third-order valence-corrected chi connectivity index (χ3v) is 11.2. The monoisotopic (exact) mass is 592 g/mol. The number of carbonyl (C=O) groups excluding carboxylic acids is 2. The number of Topliss-reactive ketones (excluding diaryl/α,β-unsaturated/α-hetero) is 1. The summed E-state index contributed by atoms with van der Waals surface area (Å²) in [7, 11) is 4.95. The summed E-state index contributed by atoms with van der Waals surface area (Å²) in [6.45, 7) is 5.86. The number of aliphatic hydroxyl groups is 1. The van der Waals surface area contributed by atoms with Crippen molar-refractivity contribution in [3.05, 3.63) is 12.2 Å². The van der Waals surface area contributed by atoms with Gasteiger partial charge in [0.1, 0.15) is 30.2 Å². The maximum atomic E-state index is 13.8. The number of carbonyl (C=O) groups is 2. The van der Waals surface area contributed by atoms with Gasteiger partial charge in [-0.15, -0.1) is 0 Å². The van der Waals surface area contributed by atoms with Crippen molar-refractivity contribution < 1.29 is 43.1 Å². The maximum Gasteiger partial charge on any atom is 0.306 e. The van der Waals surface area contributed by atoms with E-state index in [0.717, 1.165) is 38.5 Å². The molecule has 5 rings (SSSR count). The van der Waals surface area contributed by atoms with Gasteiger partial charge in [0.25, 0.3) is 0 Å². The molecule has 15 atom stereocenters. The first-order valence-corrected chi connectivity index (χ1v) is 16.2. The fourth-order valence-electron chi connectivity index (χ4n) is 8.93. The summed E-state index contributed by atoms with van der Waals surface area (Å²) in [6, 6.07) is 0. The topological polar surface area (TPSA) is 110 Å². The van der Waals surface area contributed by atoms with Crippen LogP contribution >= 0.6 is 0 Å². The first kappa shape index (κ1) is 32.0. The predicted molar refractivity (Wildman–Crippen MR) is 154 cm³/mol. The Morgan fingerprint density at radius 3 is 2.33 bits per heavy atom. The molecule has 2 saturated heterocycles.